The first kappa shape index (κ1) is 23.5. The van der Waals surface area contributed by atoms with Gasteiger partial charge in [-0.1, -0.05) is 30.3 Å². The number of piperidine rings is 1. The first-order valence-electron chi connectivity index (χ1n) is 12.0. The molecule has 3 fully saturated rings. The van der Waals surface area contributed by atoms with Gasteiger partial charge >= 0.3 is 6.36 Å². The van der Waals surface area contributed by atoms with Crippen molar-refractivity contribution in [2.45, 2.75) is 81.8 Å². The second-order valence-corrected chi connectivity index (χ2v) is 9.84. The van der Waals surface area contributed by atoms with Gasteiger partial charge in [0.1, 0.15) is 11.5 Å². The minimum atomic E-state index is -4.75. The fourth-order valence-corrected chi connectivity index (χ4v) is 5.66. The van der Waals surface area contributed by atoms with Crippen molar-refractivity contribution in [3.05, 3.63) is 59.7 Å². The van der Waals surface area contributed by atoms with Crippen molar-refractivity contribution in [2.75, 3.05) is 0 Å². The zero-order chi connectivity index (χ0) is 23.9. The molecule has 1 aliphatic carbocycles. The minimum absolute atomic E-state index is 0.0378. The standard InChI is InChI=1S/C26H31F3N2O3/c1-16(32)21-14-25(18-5-3-2-4-6-18)24(12-10-22(21)31-25)30-15-17-13-20(34-26(27,28)29)9-11-23(17)33-19-7-8-19/h2-6,9,11,13,16,19,21-22,24,30-32H,7-8,10,12,14-15H2,1H3/t16?,21-,22-,24+,25+/m0/s1. The average Bonchev–Trinajstić information content (AvgIpc) is 3.55. The van der Waals surface area contributed by atoms with E-state index in [1.165, 1.54) is 12.1 Å². The summed E-state index contributed by atoms with van der Waals surface area (Å²) in [6, 6.07) is 14.8. The Kier molecular flexibility index (Phi) is 6.25. The molecule has 5 nitrogen and oxygen atoms in total. The van der Waals surface area contributed by atoms with Crippen molar-refractivity contribution in [3.63, 3.8) is 0 Å². The van der Waals surface area contributed by atoms with Crippen LogP contribution in [-0.2, 0) is 12.1 Å². The summed E-state index contributed by atoms with van der Waals surface area (Å²) in [5.74, 6) is 0.486. The number of hydrogen-bond donors (Lipinski definition) is 3. The molecule has 0 radical (unpaired) electrons. The van der Waals surface area contributed by atoms with Crippen LogP contribution >= 0.6 is 0 Å². The molecule has 184 valence electrons. The lowest BCUT2D eigenvalue weighted by Crippen LogP contribution is -2.58. The van der Waals surface area contributed by atoms with Crippen LogP contribution in [0.1, 0.15) is 50.2 Å². The Labute approximate surface area is 197 Å². The summed E-state index contributed by atoms with van der Waals surface area (Å²) >= 11 is 0. The maximum Gasteiger partial charge on any atom is 0.573 e. The Bertz CT molecular complexity index is 997. The Balaban J connectivity index is 1.40. The highest BCUT2D eigenvalue weighted by Crippen LogP contribution is 2.47. The van der Waals surface area contributed by atoms with Crippen molar-refractivity contribution in [3.8, 4) is 11.5 Å². The number of rotatable bonds is 8. The number of hydrogen-bond acceptors (Lipinski definition) is 5. The van der Waals surface area contributed by atoms with Crippen LogP contribution < -0.4 is 20.1 Å². The highest BCUT2D eigenvalue weighted by atomic mass is 19.4. The average molecular weight is 477 g/mol. The Hall–Kier alpha value is -2.29. The number of ether oxygens (including phenoxy) is 2. The molecule has 2 bridgehead atoms. The topological polar surface area (TPSA) is 62.8 Å². The van der Waals surface area contributed by atoms with Gasteiger partial charge in [-0.2, -0.15) is 0 Å². The molecular weight excluding hydrogens is 445 g/mol. The van der Waals surface area contributed by atoms with Crippen molar-refractivity contribution >= 4 is 0 Å². The number of nitrogens with one attached hydrogen (secondary N) is 2. The van der Waals surface area contributed by atoms with Crippen LogP contribution in [0, 0.1) is 5.92 Å². The lowest BCUT2D eigenvalue weighted by atomic mass is 9.78. The van der Waals surface area contributed by atoms with Crippen LogP contribution in [0.2, 0.25) is 0 Å². The van der Waals surface area contributed by atoms with Crippen molar-refractivity contribution in [1.82, 2.24) is 10.6 Å². The highest BCUT2D eigenvalue weighted by Gasteiger charge is 2.54. The fourth-order valence-electron chi connectivity index (χ4n) is 5.66. The maximum atomic E-state index is 12.8. The molecule has 2 aromatic carbocycles. The Morgan fingerprint density at radius 1 is 1.12 bits per heavy atom. The number of halogens is 3. The van der Waals surface area contributed by atoms with E-state index in [4.69, 9.17) is 4.74 Å². The smallest absolute Gasteiger partial charge is 0.490 e. The molecule has 5 atom stereocenters. The Morgan fingerprint density at radius 2 is 1.88 bits per heavy atom. The quantitative estimate of drug-likeness (QED) is 0.519. The number of aliphatic hydroxyl groups is 1. The van der Waals surface area contributed by atoms with Gasteiger partial charge in [-0.3, -0.25) is 0 Å². The molecular formula is C26H31F3N2O3. The molecule has 8 heteroatoms. The third-order valence-corrected chi connectivity index (χ3v) is 7.41. The molecule has 2 aromatic rings. The van der Waals surface area contributed by atoms with Crippen LogP contribution in [0.5, 0.6) is 11.5 Å². The van der Waals surface area contributed by atoms with Crippen LogP contribution in [0.4, 0.5) is 13.2 Å². The molecule has 2 saturated heterocycles. The van der Waals surface area contributed by atoms with Crippen molar-refractivity contribution in [2.24, 2.45) is 5.92 Å². The van der Waals surface area contributed by atoms with Gasteiger partial charge in [0, 0.05) is 30.1 Å². The van der Waals surface area contributed by atoms with E-state index in [1.807, 2.05) is 25.1 Å². The molecule has 2 heterocycles. The lowest BCUT2D eigenvalue weighted by Gasteiger charge is -2.43. The van der Waals surface area contributed by atoms with Gasteiger partial charge in [-0.15, -0.1) is 13.2 Å². The fraction of sp³-hybridized carbons (Fsp3) is 0.538. The minimum Gasteiger partial charge on any atom is -0.490 e. The van der Waals surface area contributed by atoms with Crippen LogP contribution in [0.25, 0.3) is 0 Å². The molecule has 3 aliphatic rings. The third-order valence-electron chi connectivity index (χ3n) is 7.41. The molecule has 3 N–H and O–H groups in total. The van der Waals surface area contributed by atoms with E-state index in [-0.39, 0.29) is 35.4 Å². The summed E-state index contributed by atoms with van der Waals surface area (Å²) in [4.78, 5) is 0. The first-order chi connectivity index (χ1) is 16.2. The van der Waals surface area contributed by atoms with E-state index in [9.17, 15) is 18.3 Å². The van der Waals surface area contributed by atoms with E-state index in [0.29, 0.717) is 17.9 Å². The van der Waals surface area contributed by atoms with Crippen LogP contribution in [0.3, 0.4) is 0 Å². The number of benzene rings is 2. The van der Waals surface area contributed by atoms with Gasteiger partial charge in [0.2, 0.25) is 0 Å². The summed E-state index contributed by atoms with van der Waals surface area (Å²) in [5, 5.41) is 17.9. The molecule has 0 aromatic heterocycles. The second kappa shape index (κ2) is 9.06. The maximum absolute atomic E-state index is 12.8. The summed E-state index contributed by atoms with van der Waals surface area (Å²) in [5.41, 5.74) is 1.44. The molecule has 34 heavy (non-hydrogen) atoms. The molecule has 0 amide bonds. The normalized spacial score (nSPS) is 29.6. The number of fused-ring (bicyclic) bond motifs is 2. The summed E-state index contributed by atoms with van der Waals surface area (Å²) in [7, 11) is 0. The number of alkyl halides is 3. The van der Waals surface area contributed by atoms with Crippen LogP contribution in [0.15, 0.2) is 48.5 Å². The highest BCUT2D eigenvalue weighted by molar-refractivity contribution is 5.41. The van der Waals surface area contributed by atoms with Crippen molar-refractivity contribution in [1.29, 1.82) is 0 Å². The van der Waals surface area contributed by atoms with Crippen molar-refractivity contribution < 1.29 is 27.8 Å². The first-order valence-corrected chi connectivity index (χ1v) is 12.0. The van der Waals surface area contributed by atoms with Crippen LogP contribution in [-0.4, -0.2) is 35.8 Å². The summed E-state index contributed by atoms with van der Waals surface area (Å²) in [6.07, 6.45) is -0.515. The van der Waals surface area contributed by atoms with E-state index >= 15 is 0 Å². The molecule has 0 spiro atoms. The molecule has 2 aliphatic heterocycles. The van der Waals surface area contributed by atoms with Gasteiger partial charge in [0.05, 0.1) is 17.7 Å². The number of aliphatic hydroxyl groups excluding tert-OH is 1. The predicted octanol–water partition coefficient (Wildman–Crippen LogP) is 4.63. The molecule has 1 unspecified atom stereocenters. The predicted molar refractivity (Wildman–Crippen MR) is 121 cm³/mol. The lowest BCUT2D eigenvalue weighted by molar-refractivity contribution is -0.274. The van der Waals surface area contributed by atoms with E-state index in [1.54, 1.807) is 6.07 Å². The van der Waals surface area contributed by atoms with Gasteiger partial charge in [0.25, 0.3) is 0 Å². The zero-order valence-corrected chi connectivity index (χ0v) is 19.1. The SMILES string of the molecule is CC(O)[C@@H]1C[C@]2(c3ccccc3)N[C@H]1CC[C@H]2NCc1cc(OC(F)(F)F)ccc1OC1CC1. The molecule has 1 saturated carbocycles. The zero-order valence-electron chi connectivity index (χ0n) is 19.1. The van der Waals surface area contributed by atoms with E-state index in [2.05, 4.69) is 27.5 Å². The Morgan fingerprint density at radius 3 is 2.56 bits per heavy atom. The third kappa shape index (κ3) is 4.90. The molecule has 5 rings (SSSR count). The van der Waals surface area contributed by atoms with Gasteiger partial charge in [-0.25, -0.2) is 0 Å². The van der Waals surface area contributed by atoms with Gasteiger partial charge in [0.15, 0.2) is 0 Å². The summed E-state index contributed by atoms with van der Waals surface area (Å²) in [6.45, 7) is 2.20. The second-order valence-electron chi connectivity index (χ2n) is 9.84. The van der Waals surface area contributed by atoms with E-state index < -0.39 is 12.5 Å². The summed E-state index contributed by atoms with van der Waals surface area (Å²) < 4.78 is 48.6. The van der Waals surface area contributed by atoms with Gasteiger partial charge in [-0.05, 0) is 62.8 Å². The monoisotopic (exact) mass is 476 g/mol. The van der Waals surface area contributed by atoms with E-state index in [0.717, 1.165) is 37.7 Å². The largest absolute Gasteiger partial charge is 0.573 e. The van der Waals surface area contributed by atoms with Gasteiger partial charge < -0.3 is 25.2 Å².